The zero-order chi connectivity index (χ0) is 15.8. The van der Waals surface area contributed by atoms with Gasteiger partial charge in [0.05, 0.1) is 17.4 Å². The van der Waals surface area contributed by atoms with E-state index in [4.69, 9.17) is 5.26 Å². The van der Waals surface area contributed by atoms with Crippen molar-refractivity contribution in [2.75, 3.05) is 12.3 Å². The Morgan fingerprint density at radius 2 is 1.91 bits per heavy atom. The Hall–Kier alpha value is -2.25. The molecule has 0 fully saturated rings. The summed E-state index contributed by atoms with van der Waals surface area (Å²) in [4.78, 5) is 13.1. The average molecular weight is 310 g/mol. The number of rotatable bonds is 6. The summed E-state index contributed by atoms with van der Waals surface area (Å²) in [5.74, 6) is 0.252. The van der Waals surface area contributed by atoms with Crippen LogP contribution < -0.4 is 5.32 Å². The number of carbonyl (C=O) groups is 1. The largest absolute Gasteiger partial charge is 0.352 e. The van der Waals surface area contributed by atoms with Crippen LogP contribution in [0.25, 0.3) is 0 Å². The first-order chi connectivity index (χ1) is 10.7. The van der Waals surface area contributed by atoms with Gasteiger partial charge in [-0.2, -0.15) is 5.26 Å². The van der Waals surface area contributed by atoms with E-state index < -0.39 is 0 Å². The fraction of sp³-hybridized carbons (Fsp3) is 0.222. The zero-order valence-electron chi connectivity index (χ0n) is 12.5. The normalized spacial score (nSPS) is 10.0. The van der Waals surface area contributed by atoms with Crippen LogP contribution in [-0.2, 0) is 6.42 Å². The van der Waals surface area contributed by atoms with Gasteiger partial charge in [0.15, 0.2) is 0 Å². The summed E-state index contributed by atoms with van der Waals surface area (Å²) in [6, 6.07) is 17.7. The molecule has 22 heavy (non-hydrogen) atoms. The van der Waals surface area contributed by atoms with Gasteiger partial charge in [0.25, 0.3) is 5.91 Å². The summed E-state index contributed by atoms with van der Waals surface area (Å²) in [5.41, 5.74) is 3.11. The molecule has 0 heterocycles. The van der Waals surface area contributed by atoms with Crippen LogP contribution in [0.3, 0.4) is 0 Å². The SMILES string of the molecule is Cc1ccccc1CCNC(=O)c1ccccc1SCC#N. The molecule has 3 nitrogen and oxygen atoms in total. The number of thioether (sulfide) groups is 1. The predicted molar refractivity (Wildman–Crippen MR) is 90.0 cm³/mol. The molecule has 0 atom stereocenters. The third kappa shape index (κ3) is 4.37. The minimum absolute atomic E-state index is 0.0883. The molecule has 2 aromatic carbocycles. The molecule has 0 aliphatic heterocycles. The van der Waals surface area contributed by atoms with E-state index in [0.717, 1.165) is 11.3 Å². The molecule has 112 valence electrons. The van der Waals surface area contributed by atoms with Gasteiger partial charge in [0.1, 0.15) is 0 Å². The topological polar surface area (TPSA) is 52.9 Å². The molecular weight excluding hydrogens is 292 g/mol. The first-order valence-corrected chi connectivity index (χ1v) is 8.12. The molecule has 0 aliphatic carbocycles. The lowest BCUT2D eigenvalue weighted by atomic mass is 10.1. The van der Waals surface area contributed by atoms with Crippen molar-refractivity contribution >= 4 is 17.7 Å². The number of nitrogens with one attached hydrogen (secondary N) is 1. The molecule has 1 amide bonds. The van der Waals surface area contributed by atoms with Crippen molar-refractivity contribution in [3.63, 3.8) is 0 Å². The van der Waals surface area contributed by atoms with Crippen LogP contribution in [0, 0.1) is 18.3 Å². The van der Waals surface area contributed by atoms with Crippen molar-refractivity contribution in [2.24, 2.45) is 0 Å². The number of nitriles is 1. The molecule has 0 aliphatic rings. The van der Waals surface area contributed by atoms with Gasteiger partial charge in [-0.25, -0.2) is 0 Å². The average Bonchev–Trinajstić information content (AvgIpc) is 2.55. The number of benzene rings is 2. The van der Waals surface area contributed by atoms with Crippen molar-refractivity contribution in [1.29, 1.82) is 5.26 Å². The first kappa shape index (κ1) is 16.1. The number of hydrogen-bond acceptors (Lipinski definition) is 3. The molecule has 2 aromatic rings. The molecule has 0 radical (unpaired) electrons. The highest BCUT2D eigenvalue weighted by atomic mass is 32.2. The third-order valence-electron chi connectivity index (χ3n) is 3.37. The van der Waals surface area contributed by atoms with E-state index in [0.29, 0.717) is 17.9 Å². The van der Waals surface area contributed by atoms with Gasteiger partial charge in [0, 0.05) is 11.4 Å². The van der Waals surface area contributed by atoms with E-state index in [9.17, 15) is 4.79 Å². The van der Waals surface area contributed by atoms with Crippen molar-refractivity contribution < 1.29 is 4.79 Å². The maximum atomic E-state index is 12.3. The number of amides is 1. The second-order valence-corrected chi connectivity index (χ2v) is 5.89. The van der Waals surface area contributed by atoms with E-state index in [1.807, 2.05) is 30.3 Å². The Morgan fingerprint density at radius 3 is 2.68 bits per heavy atom. The smallest absolute Gasteiger partial charge is 0.252 e. The summed E-state index contributed by atoms with van der Waals surface area (Å²) in [7, 11) is 0. The summed E-state index contributed by atoms with van der Waals surface area (Å²) < 4.78 is 0. The van der Waals surface area contributed by atoms with Gasteiger partial charge in [-0.3, -0.25) is 4.79 Å². The monoisotopic (exact) mass is 310 g/mol. The summed E-state index contributed by atoms with van der Waals surface area (Å²) >= 11 is 1.39. The van der Waals surface area contributed by atoms with Crippen molar-refractivity contribution in [2.45, 2.75) is 18.2 Å². The molecule has 0 bridgehead atoms. The number of hydrogen-bond donors (Lipinski definition) is 1. The second kappa shape index (κ2) is 8.26. The van der Waals surface area contributed by atoms with Crippen LogP contribution >= 0.6 is 11.8 Å². The number of nitrogens with zero attached hydrogens (tertiary/aromatic N) is 1. The van der Waals surface area contributed by atoms with E-state index in [1.165, 1.54) is 22.9 Å². The Kier molecular flexibility index (Phi) is 6.05. The lowest BCUT2D eigenvalue weighted by Gasteiger charge is -2.10. The maximum Gasteiger partial charge on any atom is 0.252 e. The Labute approximate surface area is 135 Å². The van der Waals surface area contributed by atoms with E-state index in [1.54, 1.807) is 6.07 Å². The Balaban J connectivity index is 1.95. The van der Waals surface area contributed by atoms with Gasteiger partial charge in [-0.05, 0) is 36.6 Å². The highest BCUT2D eigenvalue weighted by molar-refractivity contribution is 7.99. The highest BCUT2D eigenvalue weighted by Crippen LogP contribution is 2.22. The molecule has 0 spiro atoms. The second-order valence-electron chi connectivity index (χ2n) is 4.88. The van der Waals surface area contributed by atoms with E-state index in [2.05, 4.69) is 30.4 Å². The minimum Gasteiger partial charge on any atom is -0.352 e. The lowest BCUT2D eigenvalue weighted by molar-refractivity contribution is 0.0951. The summed E-state index contributed by atoms with van der Waals surface area (Å²) in [5, 5.41) is 11.6. The van der Waals surface area contributed by atoms with Crippen molar-refractivity contribution in [3.05, 3.63) is 65.2 Å². The molecule has 0 unspecified atom stereocenters. The van der Waals surface area contributed by atoms with Gasteiger partial charge in [0.2, 0.25) is 0 Å². The zero-order valence-corrected chi connectivity index (χ0v) is 13.3. The molecular formula is C18H18N2OS. The van der Waals surface area contributed by atoms with Crippen molar-refractivity contribution in [1.82, 2.24) is 5.32 Å². The van der Waals surface area contributed by atoms with E-state index in [-0.39, 0.29) is 5.91 Å². The molecule has 0 aromatic heterocycles. The number of carbonyl (C=O) groups excluding carboxylic acids is 1. The van der Waals surface area contributed by atoms with Crippen LogP contribution in [0.15, 0.2) is 53.4 Å². The van der Waals surface area contributed by atoms with Crippen LogP contribution in [0.5, 0.6) is 0 Å². The first-order valence-electron chi connectivity index (χ1n) is 7.14. The van der Waals surface area contributed by atoms with Gasteiger partial charge >= 0.3 is 0 Å². The summed E-state index contributed by atoms with van der Waals surface area (Å²) in [6.45, 7) is 2.67. The Bertz CT molecular complexity index is 691. The standard InChI is InChI=1S/C18H18N2OS/c1-14-6-2-3-7-15(14)10-12-20-18(21)16-8-4-5-9-17(16)22-13-11-19/h2-9H,10,12-13H2,1H3,(H,20,21). The van der Waals surface area contributed by atoms with Crippen LogP contribution in [-0.4, -0.2) is 18.2 Å². The van der Waals surface area contributed by atoms with Crippen LogP contribution in [0.4, 0.5) is 0 Å². The molecule has 2 rings (SSSR count). The predicted octanol–water partition coefficient (Wildman–Crippen LogP) is 3.58. The van der Waals surface area contributed by atoms with Gasteiger partial charge < -0.3 is 5.32 Å². The quantitative estimate of drug-likeness (QED) is 0.830. The number of aryl methyl sites for hydroxylation is 1. The molecule has 1 N–H and O–H groups in total. The molecule has 4 heteroatoms. The fourth-order valence-electron chi connectivity index (χ4n) is 2.19. The van der Waals surface area contributed by atoms with Crippen LogP contribution in [0.1, 0.15) is 21.5 Å². The lowest BCUT2D eigenvalue weighted by Crippen LogP contribution is -2.26. The molecule has 0 saturated heterocycles. The fourth-order valence-corrected chi connectivity index (χ4v) is 2.90. The maximum absolute atomic E-state index is 12.3. The van der Waals surface area contributed by atoms with E-state index >= 15 is 0 Å². The molecule has 0 saturated carbocycles. The van der Waals surface area contributed by atoms with Crippen molar-refractivity contribution in [3.8, 4) is 6.07 Å². The highest BCUT2D eigenvalue weighted by Gasteiger charge is 2.10. The summed E-state index contributed by atoms with van der Waals surface area (Å²) in [6.07, 6.45) is 0.811. The van der Waals surface area contributed by atoms with Gasteiger partial charge in [-0.15, -0.1) is 11.8 Å². The Morgan fingerprint density at radius 1 is 1.18 bits per heavy atom. The minimum atomic E-state index is -0.0883. The van der Waals surface area contributed by atoms with Crippen LogP contribution in [0.2, 0.25) is 0 Å². The third-order valence-corrected chi connectivity index (χ3v) is 4.31. The van der Waals surface area contributed by atoms with Gasteiger partial charge in [-0.1, -0.05) is 36.4 Å².